The molecule has 0 fully saturated rings. The quantitative estimate of drug-likeness (QED) is 0.148. The second-order valence-electron chi connectivity index (χ2n) is 12.1. The Morgan fingerprint density at radius 1 is 0.851 bits per heavy atom. The molecule has 0 saturated heterocycles. The van der Waals surface area contributed by atoms with Gasteiger partial charge in [-0.1, -0.05) is 62.7 Å². The van der Waals surface area contributed by atoms with Gasteiger partial charge < -0.3 is 20.1 Å². The summed E-state index contributed by atoms with van der Waals surface area (Å²) in [5.41, 5.74) is 4.24. The first kappa shape index (κ1) is 31.0. The minimum atomic E-state index is -0.379. The molecule has 47 heavy (non-hydrogen) atoms. The highest BCUT2D eigenvalue weighted by molar-refractivity contribution is 6.07. The molecule has 0 aliphatic carbocycles. The molecule has 11 nitrogen and oxygen atoms in total. The van der Waals surface area contributed by atoms with Crippen molar-refractivity contribution in [2.45, 2.75) is 39.7 Å². The van der Waals surface area contributed by atoms with Crippen molar-refractivity contribution < 1.29 is 14.3 Å². The van der Waals surface area contributed by atoms with E-state index in [2.05, 4.69) is 51.7 Å². The van der Waals surface area contributed by atoms with Crippen molar-refractivity contribution in [1.82, 2.24) is 24.7 Å². The maximum atomic E-state index is 13.4. The van der Waals surface area contributed by atoms with Gasteiger partial charge in [-0.15, -0.1) is 0 Å². The molecule has 3 N–H and O–H groups in total. The Morgan fingerprint density at radius 3 is 2.36 bits per heavy atom. The van der Waals surface area contributed by atoms with Crippen LogP contribution in [0.1, 0.15) is 37.6 Å². The number of pyridine rings is 1. The third kappa shape index (κ3) is 7.30. The summed E-state index contributed by atoms with van der Waals surface area (Å²) in [5, 5.41) is 15.7. The number of methoxy groups -OCH3 is 1. The van der Waals surface area contributed by atoms with Crippen LogP contribution < -0.4 is 25.4 Å². The van der Waals surface area contributed by atoms with Gasteiger partial charge in [0.15, 0.2) is 0 Å². The minimum Gasteiger partial charge on any atom is -0.488 e. The van der Waals surface area contributed by atoms with Crippen LogP contribution in [0.2, 0.25) is 0 Å². The number of carbonyl (C=O) groups excluding carboxylic acids is 1. The summed E-state index contributed by atoms with van der Waals surface area (Å²) in [6.07, 6.45) is 4.82. The SMILES string of the molecule is COc1cnc(Nc2cc(COc3ccc(NC(=O)Nc4cc(C(C)(C)C)nn4-c4ccc(C)cc4)c4ccccc34)ccn2)cn1. The zero-order valence-electron chi connectivity index (χ0n) is 26.9. The molecule has 0 unspecified atom stereocenters. The normalized spacial score (nSPS) is 11.3. The molecule has 0 radical (unpaired) electrons. The van der Waals surface area contributed by atoms with E-state index in [4.69, 9.17) is 14.6 Å². The number of rotatable bonds is 9. The number of hydrogen-bond donors (Lipinski definition) is 3. The first-order valence-corrected chi connectivity index (χ1v) is 15.1. The van der Waals surface area contributed by atoms with Crippen LogP contribution in [-0.4, -0.2) is 37.9 Å². The van der Waals surface area contributed by atoms with Crippen molar-refractivity contribution in [2.75, 3.05) is 23.1 Å². The number of aromatic nitrogens is 5. The zero-order valence-corrected chi connectivity index (χ0v) is 26.9. The van der Waals surface area contributed by atoms with Gasteiger partial charge >= 0.3 is 6.03 Å². The maximum absolute atomic E-state index is 13.4. The number of aryl methyl sites for hydroxylation is 1. The lowest BCUT2D eigenvalue weighted by molar-refractivity contribution is 0.262. The largest absolute Gasteiger partial charge is 0.488 e. The topological polar surface area (TPSA) is 128 Å². The zero-order chi connectivity index (χ0) is 33.0. The van der Waals surface area contributed by atoms with E-state index < -0.39 is 0 Å². The van der Waals surface area contributed by atoms with E-state index in [0.29, 0.717) is 41.4 Å². The van der Waals surface area contributed by atoms with Gasteiger partial charge in [0, 0.05) is 28.5 Å². The van der Waals surface area contributed by atoms with Crippen molar-refractivity contribution in [3.63, 3.8) is 0 Å². The fraction of sp³-hybridized carbons (Fsp3) is 0.194. The van der Waals surface area contributed by atoms with Gasteiger partial charge in [-0.25, -0.2) is 24.4 Å². The molecule has 0 bridgehead atoms. The average molecular weight is 629 g/mol. The number of carbonyl (C=O) groups is 1. The highest BCUT2D eigenvalue weighted by atomic mass is 16.5. The van der Waals surface area contributed by atoms with Crippen molar-refractivity contribution in [3.05, 3.63) is 114 Å². The standard InChI is InChI=1S/C36H36N8O3/c1-23-10-12-25(13-11-23)44-33(19-30(43-44)36(2,3)4)42-35(45)40-28-14-15-29(27-9-7-6-8-26(27)28)47-22-24-16-17-37-31(18-24)41-32-20-39-34(46-5)21-38-32/h6-21H,22H2,1-5H3,(H,37,38,41)(H2,40,42,45). The maximum Gasteiger partial charge on any atom is 0.324 e. The van der Waals surface area contributed by atoms with E-state index in [-0.39, 0.29) is 11.4 Å². The second-order valence-corrected chi connectivity index (χ2v) is 12.1. The predicted octanol–water partition coefficient (Wildman–Crippen LogP) is 7.79. The van der Waals surface area contributed by atoms with Crippen LogP contribution in [0, 0.1) is 6.92 Å². The van der Waals surface area contributed by atoms with Crippen molar-refractivity contribution in [3.8, 4) is 17.3 Å². The summed E-state index contributed by atoms with van der Waals surface area (Å²) in [6.45, 7) is 8.63. The van der Waals surface area contributed by atoms with Crippen LogP contribution in [-0.2, 0) is 12.0 Å². The molecule has 3 heterocycles. The molecule has 2 amide bonds. The summed E-state index contributed by atoms with van der Waals surface area (Å²) in [7, 11) is 1.54. The van der Waals surface area contributed by atoms with Crippen LogP contribution in [0.4, 0.5) is 27.9 Å². The molecule has 6 rings (SSSR count). The summed E-state index contributed by atoms with van der Waals surface area (Å²) in [4.78, 5) is 26.2. The fourth-order valence-corrected chi connectivity index (χ4v) is 4.91. The average Bonchev–Trinajstić information content (AvgIpc) is 3.49. The monoisotopic (exact) mass is 628 g/mol. The number of nitrogens with one attached hydrogen (secondary N) is 3. The molecule has 0 aliphatic rings. The van der Waals surface area contributed by atoms with E-state index in [1.165, 1.54) is 6.20 Å². The van der Waals surface area contributed by atoms with Crippen molar-refractivity contribution in [1.29, 1.82) is 0 Å². The Kier molecular flexibility index (Phi) is 8.70. The number of urea groups is 1. The van der Waals surface area contributed by atoms with Crippen LogP contribution in [0.25, 0.3) is 16.5 Å². The number of fused-ring (bicyclic) bond motifs is 1. The highest BCUT2D eigenvalue weighted by Crippen LogP contribution is 2.33. The number of ether oxygens (including phenoxy) is 2. The van der Waals surface area contributed by atoms with E-state index in [9.17, 15) is 4.79 Å². The van der Waals surface area contributed by atoms with Gasteiger partial charge in [0.25, 0.3) is 0 Å². The fourth-order valence-electron chi connectivity index (χ4n) is 4.91. The summed E-state index contributed by atoms with van der Waals surface area (Å²) >= 11 is 0. The Bertz CT molecular complexity index is 2020. The Hall–Kier alpha value is -5.97. The molecule has 0 spiro atoms. The molecule has 6 aromatic rings. The number of hydrogen-bond acceptors (Lipinski definition) is 8. The molecular weight excluding hydrogens is 592 g/mol. The lowest BCUT2D eigenvalue weighted by Crippen LogP contribution is -2.21. The van der Waals surface area contributed by atoms with Crippen LogP contribution in [0.3, 0.4) is 0 Å². The van der Waals surface area contributed by atoms with E-state index in [0.717, 1.165) is 33.3 Å². The molecular formula is C36H36N8O3. The minimum absolute atomic E-state index is 0.200. The Labute approximate surface area is 273 Å². The molecule has 0 saturated carbocycles. The van der Waals surface area contributed by atoms with Crippen LogP contribution in [0.5, 0.6) is 11.6 Å². The summed E-state index contributed by atoms with van der Waals surface area (Å²) in [6, 6.07) is 24.8. The van der Waals surface area contributed by atoms with E-state index in [1.807, 2.05) is 85.8 Å². The first-order valence-electron chi connectivity index (χ1n) is 15.1. The highest BCUT2D eigenvalue weighted by Gasteiger charge is 2.22. The molecule has 3 aromatic carbocycles. The second kappa shape index (κ2) is 13.2. The number of benzene rings is 3. The van der Waals surface area contributed by atoms with Crippen LogP contribution >= 0.6 is 0 Å². The lowest BCUT2D eigenvalue weighted by atomic mass is 9.92. The molecule has 0 atom stereocenters. The molecule has 11 heteroatoms. The van der Waals surface area contributed by atoms with Gasteiger partial charge in [-0.2, -0.15) is 5.10 Å². The van der Waals surface area contributed by atoms with Gasteiger partial charge in [0.1, 0.15) is 29.8 Å². The third-order valence-corrected chi connectivity index (χ3v) is 7.44. The summed E-state index contributed by atoms with van der Waals surface area (Å²) < 4.78 is 13.1. The molecule has 3 aromatic heterocycles. The predicted molar refractivity (Wildman–Crippen MR) is 184 cm³/mol. The van der Waals surface area contributed by atoms with Crippen molar-refractivity contribution >= 4 is 39.9 Å². The van der Waals surface area contributed by atoms with Crippen molar-refractivity contribution in [2.24, 2.45) is 0 Å². The lowest BCUT2D eigenvalue weighted by Gasteiger charge is -2.15. The smallest absolute Gasteiger partial charge is 0.324 e. The van der Waals surface area contributed by atoms with Gasteiger partial charge in [0.2, 0.25) is 5.88 Å². The molecule has 238 valence electrons. The first-order chi connectivity index (χ1) is 22.7. The number of amides is 2. The Morgan fingerprint density at radius 2 is 1.64 bits per heavy atom. The van der Waals surface area contributed by atoms with Gasteiger partial charge in [-0.3, -0.25) is 5.32 Å². The van der Waals surface area contributed by atoms with Gasteiger partial charge in [0.05, 0.1) is 36.6 Å². The molecule has 0 aliphatic heterocycles. The number of anilines is 4. The summed E-state index contributed by atoms with van der Waals surface area (Å²) in [5.74, 6) is 2.85. The van der Waals surface area contributed by atoms with Gasteiger partial charge in [-0.05, 0) is 48.9 Å². The number of nitrogens with zero attached hydrogens (tertiary/aromatic N) is 5. The van der Waals surface area contributed by atoms with E-state index in [1.54, 1.807) is 24.2 Å². The third-order valence-electron chi connectivity index (χ3n) is 7.44. The Balaban J connectivity index is 1.17. The van der Waals surface area contributed by atoms with E-state index >= 15 is 0 Å². The van der Waals surface area contributed by atoms with Crippen LogP contribution in [0.15, 0.2) is 97.5 Å².